The van der Waals surface area contributed by atoms with Gasteiger partial charge in [0.2, 0.25) is 5.88 Å². The summed E-state index contributed by atoms with van der Waals surface area (Å²) in [5.74, 6) is -1.18. The van der Waals surface area contributed by atoms with Crippen molar-refractivity contribution in [3.05, 3.63) is 88.8 Å². The van der Waals surface area contributed by atoms with Crippen LogP contribution in [0.25, 0.3) is 0 Å². The number of amides is 1. The molecule has 8 heteroatoms. The number of benzene rings is 2. The fraction of sp³-hybridized carbons (Fsp3) is 0.0952. The van der Waals surface area contributed by atoms with Crippen molar-refractivity contribution >= 4 is 29.2 Å². The van der Waals surface area contributed by atoms with E-state index in [1.54, 1.807) is 24.3 Å². The molecule has 0 aliphatic heterocycles. The molecule has 3 rings (SSSR count). The number of aromatic nitrogens is 1. The highest BCUT2D eigenvalue weighted by Gasteiger charge is 2.09. The molecule has 1 aromatic heterocycles. The van der Waals surface area contributed by atoms with E-state index in [0.717, 1.165) is 5.56 Å². The van der Waals surface area contributed by atoms with Crippen LogP contribution < -0.4 is 10.1 Å². The van der Waals surface area contributed by atoms with Gasteiger partial charge < -0.3 is 14.8 Å². The first kappa shape index (κ1) is 20.3. The summed E-state index contributed by atoms with van der Waals surface area (Å²) < 4.78 is 23.3. The van der Waals surface area contributed by atoms with Crippen molar-refractivity contribution in [1.29, 1.82) is 0 Å². The Labute approximate surface area is 171 Å². The molecule has 1 N–H and O–H groups in total. The lowest BCUT2D eigenvalue weighted by molar-refractivity contribution is -0.147. The van der Waals surface area contributed by atoms with Crippen molar-refractivity contribution in [2.75, 3.05) is 11.9 Å². The minimum atomic E-state index is -0.556. The van der Waals surface area contributed by atoms with Crippen LogP contribution >= 0.6 is 11.6 Å². The minimum absolute atomic E-state index is 0.106. The molecule has 0 aliphatic rings. The predicted molar refractivity (Wildman–Crippen MR) is 105 cm³/mol. The standard InChI is InChI=1S/C21H16ClFN2O4/c22-16-4-1-14(2-5-16)12-29-20(26)13-28-19-10-3-15(11-24-19)21(27)25-18-8-6-17(23)7-9-18/h1-11H,12-13H2,(H,25,27). The molecular weight excluding hydrogens is 399 g/mol. The van der Waals surface area contributed by atoms with Gasteiger partial charge in [-0.25, -0.2) is 14.2 Å². The fourth-order valence-corrected chi connectivity index (χ4v) is 2.38. The molecule has 148 valence electrons. The quantitative estimate of drug-likeness (QED) is 0.585. The van der Waals surface area contributed by atoms with Crippen LogP contribution in [0.15, 0.2) is 66.9 Å². The van der Waals surface area contributed by atoms with Crippen LogP contribution in [-0.4, -0.2) is 23.5 Å². The maximum atomic E-state index is 12.9. The Hall–Kier alpha value is -3.45. The first-order chi connectivity index (χ1) is 14.0. The van der Waals surface area contributed by atoms with E-state index in [1.165, 1.54) is 42.6 Å². The summed E-state index contributed by atoms with van der Waals surface area (Å²) in [5, 5.41) is 3.22. The average Bonchev–Trinajstić information content (AvgIpc) is 2.74. The monoisotopic (exact) mass is 414 g/mol. The zero-order chi connectivity index (χ0) is 20.6. The molecule has 1 amide bonds. The lowest BCUT2D eigenvalue weighted by atomic mass is 10.2. The van der Waals surface area contributed by atoms with E-state index in [0.29, 0.717) is 10.7 Å². The van der Waals surface area contributed by atoms with Crippen LogP contribution in [-0.2, 0) is 16.1 Å². The summed E-state index contributed by atoms with van der Waals surface area (Å²) in [6.45, 7) is -0.211. The number of esters is 1. The van der Waals surface area contributed by atoms with Crippen LogP contribution in [0.5, 0.6) is 5.88 Å². The van der Waals surface area contributed by atoms with Gasteiger partial charge >= 0.3 is 5.97 Å². The Balaban J connectivity index is 1.45. The molecule has 0 spiro atoms. The highest BCUT2D eigenvalue weighted by molar-refractivity contribution is 6.30. The number of ether oxygens (including phenoxy) is 2. The maximum absolute atomic E-state index is 12.9. The normalized spacial score (nSPS) is 10.3. The molecular formula is C21H16ClFN2O4. The van der Waals surface area contributed by atoms with Gasteiger partial charge in [0.25, 0.3) is 5.91 Å². The van der Waals surface area contributed by atoms with Gasteiger partial charge in [-0.2, -0.15) is 0 Å². The van der Waals surface area contributed by atoms with E-state index in [-0.39, 0.29) is 24.7 Å². The molecule has 29 heavy (non-hydrogen) atoms. The largest absolute Gasteiger partial charge is 0.466 e. The van der Waals surface area contributed by atoms with Gasteiger partial charge in [-0.3, -0.25) is 4.79 Å². The highest BCUT2D eigenvalue weighted by atomic mass is 35.5. The zero-order valence-electron chi connectivity index (χ0n) is 15.1. The molecule has 3 aromatic rings. The van der Waals surface area contributed by atoms with Gasteiger partial charge in [-0.05, 0) is 48.0 Å². The van der Waals surface area contributed by atoms with Crippen molar-refractivity contribution in [2.45, 2.75) is 6.61 Å². The molecule has 0 aliphatic carbocycles. The van der Waals surface area contributed by atoms with E-state index in [9.17, 15) is 14.0 Å². The summed E-state index contributed by atoms with van der Waals surface area (Å²) in [6, 6.07) is 15.3. The second-order valence-corrected chi connectivity index (χ2v) is 6.36. The molecule has 6 nitrogen and oxygen atoms in total. The van der Waals surface area contributed by atoms with E-state index in [4.69, 9.17) is 21.1 Å². The smallest absolute Gasteiger partial charge is 0.344 e. The van der Waals surface area contributed by atoms with Gasteiger partial charge in [0.15, 0.2) is 6.61 Å². The van der Waals surface area contributed by atoms with Crippen LogP contribution in [0.4, 0.5) is 10.1 Å². The lowest BCUT2D eigenvalue weighted by Gasteiger charge is -2.08. The summed E-state index contributed by atoms with van der Waals surface area (Å²) in [7, 11) is 0. The molecule has 0 saturated heterocycles. The number of carbonyl (C=O) groups excluding carboxylic acids is 2. The van der Waals surface area contributed by atoms with E-state index < -0.39 is 17.7 Å². The van der Waals surface area contributed by atoms with Crippen molar-refractivity contribution in [2.24, 2.45) is 0 Å². The first-order valence-corrected chi connectivity index (χ1v) is 8.93. The molecule has 0 unspecified atom stereocenters. The van der Waals surface area contributed by atoms with Crippen LogP contribution in [0.1, 0.15) is 15.9 Å². The van der Waals surface area contributed by atoms with E-state index >= 15 is 0 Å². The Bertz CT molecular complexity index is 977. The highest BCUT2D eigenvalue weighted by Crippen LogP contribution is 2.13. The number of nitrogens with one attached hydrogen (secondary N) is 1. The number of hydrogen-bond donors (Lipinski definition) is 1. The number of rotatable bonds is 7. The summed E-state index contributed by atoms with van der Waals surface area (Å²) >= 11 is 5.80. The fourth-order valence-electron chi connectivity index (χ4n) is 2.26. The van der Waals surface area contributed by atoms with Crippen molar-refractivity contribution < 1.29 is 23.5 Å². The van der Waals surface area contributed by atoms with Crippen molar-refractivity contribution in [1.82, 2.24) is 4.98 Å². The Morgan fingerprint density at radius 2 is 1.72 bits per heavy atom. The zero-order valence-corrected chi connectivity index (χ0v) is 15.9. The third-order valence-electron chi connectivity index (χ3n) is 3.75. The van der Waals surface area contributed by atoms with Gasteiger partial charge in [-0.15, -0.1) is 0 Å². The molecule has 0 atom stereocenters. The number of hydrogen-bond acceptors (Lipinski definition) is 5. The van der Waals surface area contributed by atoms with Crippen LogP contribution in [0.2, 0.25) is 5.02 Å². The van der Waals surface area contributed by atoms with Crippen LogP contribution in [0, 0.1) is 5.82 Å². The maximum Gasteiger partial charge on any atom is 0.344 e. The molecule has 0 radical (unpaired) electrons. The number of halogens is 2. The van der Waals surface area contributed by atoms with E-state index in [2.05, 4.69) is 10.3 Å². The van der Waals surface area contributed by atoms with Gasteiger partial charge in [0.05, 0.1) is 5.56 Å². The summed E-state index contributed by atoms with van der Waals surface area (Å²) in [4.78, 5) is 27.9. The Kier molecular flexibility index (Phi) is 6.76. The lowest BCUT2D eigenvalue weighted by Crippen LogP contribution is -2.16. The number of carbonyl (C=O) groups is 2. The minimum Gasteiger partial charge on any atom is -0.466 e. The first-order valence-electron chi connectivity index (χ1n) is 8.55. The number of nitrogens with zero attached hydrogens (tertiary/aromatic N) is 1. The molecule has 2 aromatic carbocycles. The van der Waals surface area contributed by atoms with Gasteiger partial charge in [-0.1, -0.05) is 23.7 Å². The topological polar surface area (TPSA) is 77.5 Å². The second kappa shape index (κ2) is 9.66. The third-order valence-corrected chi connectivity index (χ3v) is 4.00. The molecule has 0 saturated carbocycles. The van der Waals surface area contributed by atoms with E-state index in [1.807, 2.05) is 0 Å². The molecule has 0 fully saturated rings. The second-order valence-electron chi connectivity index (χ2n) is 5.92. The number of anilines is 1. The molecule has 0 bridgehead atoms. The average molecular weight is 415 g/mol. The predicted octanol–water partition coefficient (Wildman–Crippen LogP) is 4.25. The Morgan fingerprint density at radius 3 is 2.38 bits per heavy atom. The van der Waals surface area contributed by atoms with Crippen molar-refractivity contribution in [3.63, 3.8) is 0 Å². The van der Waals surface area contributed by atoms with Crippen molar-refractivity contribution in [3.8, 4) is 5.88 Å². The SMILES string of the molecule is O=C(COc1ccc(C(=O)Nc2ccc(F)cc2)cn1)OCc1ccc(Cl)cc1. The molecule has 1 heterocycles. The van der Waals surface area contributed by atoms with Gasteiger partial charge in [0.1, 0.15) is 12.4 Å². The van der Waals surface area contributed by atoms with Crippen LogP contribution in [0.3, 0.4) is 0 Å². The Morgan fingerprint density at radius 1 is 1.00 bits per heavy atom. The third kappa shape index (κ3) is 6.29. The number of pyridine rings is 1. The summed E-state index contributed by atoms with van der Waals surface area (Å²) in [5.41, 5.74) is 1.55. The summed E-state index contributed by atoms with van der Waals surface area (Å²) in [6.07, 6.45) is 1.31. The van der Waals surface area contributed by atoms with Gasteiger partial charge in [0, 0.05) is 23.0 Å².